The molecule has 0 saturated heterocycles. The molecule has 6 heteroatoms. The van der Waals surface area contributed by atoms with Gasteiger partial charge in [0.2, 0.25) is 5.91 Å². The monoisotopic (exact) mass is 227 g/mol. The van der Waals surface area contributed by atoms with E-state index in [2.05, 4.69) is 5.32 Å². The molecular formula is C9H10FN3OS. The first kappa shape index (κ1) is 11.4. The fourth-order valence-corrected chi connectivity index (χ4v) is 1.31. The van der Waals surface area contributed by atoms with Gasteiger partial charge < -0.3 is 16.8 Å². The Morgan fingerprint density at radius 3 is 2.67 bits per heavy atom. The Hall–Kier alpha value is -1.69. The molecule has 1 aromatic rings. The van der Waals surface area contributed by atoms with Crippen molar-refractivity contribution in [2.75, 3.05) is 11.9 Å². The van der Waals surface area contributed by atoms with Crippen LogP contribution >= 0.6 is 12.2 Å². The van der Waals surface area contributed by atoms with E-state index in [1.807, 2.05) is 0 Å². The van der Waals surface area contributed by atoms with Gasteiger partial charge in [0, 0.05) is 5.69 Å². The van der Waals surface area contributed by atoms with E-state index in [1.54, 1.807) is 6.07 Å². The lowest BCUT2D eigenvalue weighted by molar-refractivity contribution is -0.116. The van der Waals surface area contributed by atoms with Crippen LogP contribution in [0.4, 0.5) is 10.1 Å². The van der Waals surface area contributed by atoms with Crippen LogP contribution in [-0.2, 0) is 4.79 Å². The third kappa shape index (κ3) is 2.88. The van der Waals surface area contributed by atoms with E-state index in [0.717, 1.165) is 0 Å². The van der Waals surface area contributed by atoms with Gasteiger partial charge in [-0.15, -0.1) is 0 Å². The average molecular weight is 227 g/mol. The van der Waals surface area contributed by atoms with E-state index in [1.165, 1.54) is 12.1 Å². The number of amides is 1. The molecule has 0 fully saturated rings. The van der Waals surface area contributed by atoms with Crippen molar-refractivity contribution < 1.29 is 9.18 Å². The molecule has 0 saturated carbocycles. The molecule has 1 aromatic carbocycles. The third-order valence-electron chi connectivity index (χ3n) is 1.71. The predicted molar refractivity (Wildman–Crippen MR) is 60.0 cm³/mol. The van der Waals surface area contributed by atoms with Gasteiger partial charge in [-0.25, -0.2) is 4.39 Å². The van der Waals surface area contributed by atoms with E-state index in [4.69, 9.17) is 23.7 Å². The van der Waals surface area contributed by atoms with Gasteiger partial charge in [0.25, 0.3) is 0 Å². The summed E-state index contributed by atoms with van der Waals surface area (Å²) in [7, 11) is 0. The Kier molecular flexibility index (Phi) is 3.56. The van der Waals surface area contributed by atoms with Crippen molar-refractivity contribution in [1.29, 1.82) is 0 Å². The number of nitrogens with two attached hydrogens (primary N) is 2. The van der Waals surface area contributed by atoms with Crippen molar-refractivity contribution in [1.82, 2.24) is 0 Å². The standard InChI is InChI=1S/C9H10FN3OS/c10-5-2-1-3-6(8(5)9(12)15)13-4-7(11)14/h1-3,13H,4H2,(H2,11,14)(H2,12,15). The van der Waals surface area contributed by atoms with Gasteiger partial charge in [0.05, 0.1) is 12.1 Å². The summed E-state index contributed by atoms with van der Waals surface area (Å²) in [6, 6.07) is 4.30. The minimum atomic E-state index is -0.548. The van der Waals surface area contributed by atoms with Crippen LogP contribution in [0.3, 0.4) is 0 Å². The number of nitrogens with one attached hydrogen (secondary N) is 1. The average Bonchev–Trinajstić information content (AvgIpc) is 2.13. The SMILES string of the molecule is NC(=O)CNc1cccc(F)c1C(N)=S. The molecule has 0 spiro atoms. The first-order chi connectivity index (χ1) is 7.02. The lowest BCUT2D eigenvalue weighted by Gasteiger charge is -2.10. The number of benzene rings is 1. The van der Waals surface area contributed by atoms with Crippen molar-refractivity contribution in [3.63, 3.8) is 0 Å². The van der Waals surface area contributed by atoms with E-state index >= 15 is 0 Å². The molecule has 0 atom stereocenters. The molecule has 80 valence electrons. The second kappa shape index (κ2) is 4.70. The zero-order valence-corrected chi connectivity index (χ0v) is 8.60. The van der Waals surface area contributed by atoms with Crippen LogP contribution in [0.25, 0.3) is 0 Å². The molecule has 1 amide bonds. The number of primary amides is 1. The highest BCUT2D eigenvalue weighted by atomic mass is 32.1. The molecule has 0 aliphatic heterocycles. The number of hydrogen-bond acceptors (Lipinski definition) is 3. The van der Waals surface area contributed by atoms with Gasteiger partial charge in [0.1, 0.15) is 10.8 Å². The molecule has 0 unspecified atom stereocenters. The van der Waals surface area contributed by atoms with Crippen molar-refractivity contribution in [3.8, 4) is 0 Å². The normalized spacial score (nSPS) is 9.67. The molecular weight excluding hydrogens is 217 g/mol. The summed E-state index contributed by atoms with van der Waals surface area (Å²) in [5, 5.41) is 2.65. The fourth-order valence-electron chi connectivity index (χ4n) is 1.10. The van der Waals surface area contributed by atoms with Crippen LogP contribution in [0.5, 0.6) is 0 Å². The summed E-state index contributed by atoms with van der Waals surface area (Å²) >= 11 is 4.70. The van der Waals surface area contributed by atoms with E-state index in [-0.39, 0.29) is 17.1 Å². The van der Waals surface area contributed by atoms with Crippen LogP contribution in [-0.4, -0.2) is 17.4 Å². The largest absolute Gasteiger partial charge is 0.389 e. The van der Waals surface area contributed by atoms with Gasteiger partial charge in [-0.05, 0) is 12.1 Å². The smallest absolute Gasteiger partial charge is 0.236 e. The Labute approximate surface area is 91.4 Å². The molecule has 0 aromatic heterocycles. The Balaban J connectivity index is 3.01. The van der Waals surface area contributed by atoms with E-state index in [0.29, 0.717) is 5.69 Å². The number of thiocarbonyl (C=S) groups is 1. The fraction of sp³-hybridized carbons (Fsp3) is 0.111. The first-order valence-electron chi connectivity index (χ1n) is 4.13. The molecule has 0 bridgehead atoms. The number of rotatable bonds is 4. The van der Waals surface area contributed by atoms with Crippen molar-refractivity contribution in [2.45, 2.75) is 0 Å². The summed E-state index contributed by atoms with van der Waals surface area (Å²) in [5.74, 6) is -1.08. The summed E-state index contributed by atoms with van der Waals surface area (Å²) in [4.78, 5) is 10.5. The summed E-state index contributed by atoms with van der Waals surface area (Å²) in [6.45, 7) is -0.0981. The summed E-state index contributed by atoms with van der Waals surface area (Å²) in [5.41, 5.74) is 10.8. The molecule has 0 aliphatic carbocycles. The van der Waals surface area contributed by atoms with Crippen molar-refractivity contribution >= 4 is 28.8 Å². The number of carbonyl (C=O) groups is 1. The maximum atomic E-state index is 13.3. The van der Waals surface area contributed by atoms with Crippen LogP contribution < -0.4 is 16.8 Å². The second-order valence-corrected chi connectivity index (χ2v) is 3.29. The molecule has 5 N–H and O–H groups in total. The molecule has 4 nitrogen and oxygen atoms in total. The van der Waals surface area contributed by atoms with Crippen LogP contribution in [0.1, 0.15) is 5.56 Å². The van der Waals surface area contributed by atoms with Gasteiger partial charge in [-0.3, -0.25) is 4.79 Å². The highest BCUT2D eigenvalue weighted by molar-refractivity contribution is 7.80. The Morgan fingerprint density at radius 2 is 2.13 bits per heavy atom. The zero-order chi connectivity index (χ0) is 11.4. The number of hydrogen-bond donors (Lipinski definition) is 3. The number of anilines is 1. The maximum Gasteiger partial charge on any atom is 0.236 e. The predicted octanol–water partition coefficient (Wildman–Crippen LogP) is 0.357. The summed E-state index contributed by atoms with van der Waals surface area (Å²) < 4.78 is 13.3. The van der Waals surface area contributed by atoms with E-state index < -0.39 is 11.7 Å². The highest BCUT2D eigenvalue weighted by Gasteiger charge is 2.10. The quantitative estimate of drug-likeness (QED) is 0.649. The second-order valence-electron chi connectivity index (χ2n) is 2.85. The van der Waals surface area contributed by atoms with E-state index in [9.17, 15) is 9.18 Å². The molecule has 0 heterocycles. The molecule has 15 heavy (non-hydrogen) atoms. The van der Waals surface area contributed by atoms with Crippen molar-refractivity contribution in [3.05, 3.63) is 29.6 Å². The van der Waals surface area contributed by atoms with Crippen molar-refractivity contribution in [2.24, 2.45) is 11.5 Å². The topological polar surface area (TPSA) is 81.1 Å². The number of carbonyl (C=O) groups excluding carboxylic acids is 1. The maximum absolute atomic E-state index is 13.3. The molecule has 0 radical (unpaired) electrons. The Bertz CT molecular complexity index is 408. The van der Waals surface area contributed by atoms with Crippen LogP contribution in [0, 0.1) is 5.82 Å². The first-order valence-corrected chi connectivity index (χ1v) is 4.53. The minimum Gasteiger partial charge on any atom is -0.389 e. The molecule has 0 aliphatic rings. The lowest BCUT2D eigenvalue weighted by atomic mass is 10.1. The minimum absolute atomic E-state index is 0.0694. The van der Waals surface area contributed by atoms with Gasteiger partial charge in [-0.2, -0.15) is 0 Å². The zero-order valence-electron chi connectivity index (χ0n) is 7.79. The van der Waals surface area contributed by atoms with Crippen LogP contribution in [0.15, 0.2) is 18.2 Å². The third-order valence-corrected chi connectivity index (χ3v) is 1.92. The number of halogens is 1. The lowest BCUT2D eigenvalue weighted by Crippen LogP contribution is -2.24. The van der Waals surface area contributed by atoms with Gasteiger partial charge in [0.15, 0.2) is 0 Å². The Morgan fingerprint density at radius 1 is 1.47 bits per heavy atom. The molecule has 1 rings (SSSR count). The summed E-state index contributed by atoms with van der Waals surface area (Å²) in [6.07, 6.45) is 0. The van der Waals surface area contributed by atoms with Gasteiger partial charge >= 0.3 is 0 Å². The van der Waals surface area contributed by atoms with Gasteiger partial charge in [-0.1, -0.05) is 18.3 Å². The highest BCUT2D eigenvalue weighted by Crippen LogP contribution is 2.18. The van der Waals surface area contributed by atoms with Crippen LogP contribution in [0.2, 0.25) is 0 Å².